The highest BCUT2D eigenvalue weighted by atomic mass is 16.2. The molecule has 1 amide bonds. The van der Waals surface area contributed by atoms with Crippen molar-refractivity contribution < 1.29 is 4.79 Å². The molecule has 1 N–H and O–H groups in total. The predicted octanol–water partition coefficient (Wildman–Crippen LogP) is 2.20. The van der Waals surface area contributed by atoms with Gasteiger partial charge in [-0.05, 0) is 52.6 Å². The maximum Gasteiger partial charge on any atom is 0.243 e. The molecule has 0 saturated carbocycles. The molecule has 0 spiro atoms. The molecule has 0 aliphatic carbocycles. The van der Waals surface area contributed by atoms with Crippen LogP contribution >= 0.6 is 0 Å². The van der Waals surface area contributed by atoms with E-state index in [1.807, 2.05) is 0 Å². The first kappa shape index (κ1) is 15.8. The molecule has 3 atom stereocenters. The van der Waals surface area contributed by atoms with Crippen molar-refractivity contribution in [2.75, 3.05) is 19.6 Å². The van der Waals surface area contributed by atoms with Crippen LogP contribution in [0.3, 0.4) is 0 Å². The Kier molecular flexibility index (Phi) is 5.08. The number of nitrogens with one attached hydrogen (secondary N) is 1. The van der Waals surface area contributed by atoms with Crippen LogP contribution in [-0.2, 0) is 4.79 Å². The minimum Gasteiger partial charge on any atom is -0.324 e. The number of carbonyl (C=O) groups excluding carboxylic acids is 1. The number of rotatable bonds is 6. The van der Waals surface area contributed by atoms with Gasteiger partial charge in [0.1, 0.15) is 0 Å². The molecule has 4 heteroatoms. The molecule has 2 rings (SSSR count). The van der Waals surface area contributed by atoms with Gasteiger partial charge in [-0.2, -0.15) is 0 Å². The van der Waals surface area contributed by atoms with Crippen molar-refractivity contribution in [3.05, 3.63) is 0 Å². The van der Waals surface area contributed by atoms with Crippen LogP contribution in [0.4, 0.5) is 0 Å². The molecule has 2 heterocycles. The van der Waals surface area contributed by atoms with Crippen molar-refractivity contribution in [1.29, 1.82) is 0 Å². The van der Waals surface area contributed by atoms with Crippen LogP contribution in [0.15, 0.2) is 0 Å². The first-order valence-corrected chi connectivity index (χ1v) is 8.34. The van der Waals surface area contributed by atoms with E-state index in [1.165, 1.54) is 25.9 Å². The molecule has 0 bridgehead atoms. The minimum atomic E-state index is -0.357. The van der Waals surface area contributed by atoms with Gasteiger partial charge in [-0.25, -0.2) is 0 Å². The third-order valence-electron chi connectivity index (χ3n) is 5.09. The van der Waals surface area contributed by atoms with Gasteiger partial charge in [0.05, 0.1) is 11.7 Å². The monoisotopic (exact) mass is 281 g/mol. The summed E-state index contributed by atoms with van der Waals surface area (Å²) in [4.78, 5) is 17.4. The van der Waals surface area contributed by atoms with Crippen LogP contribution in [-0.4, -0.2) is 53.1 Å². The van der Waals surface area contributed by atoms with E-state index >= 15 is 0 Å². The third-order valence-corrected chi connectivity index (χ3v) is 5.09. The third kappa shape index (κ3) is 3.01. The van der Waals surface area contributed by atoms with Gasteiger partial charge in [0.2, 0.25) is 5.91 Å². The van der Waals surface area contributed by atoms with Crippen LogP contribution in [0.2, 0.25) is 0 Å². The Morgan fingerprint density at radius 1 is 1.35 bits per heavy atom. The normalized spacial score (nSPS) is 33.1. The Hall–Kier alpha value is -0.610. The summed E-state index contributed by atoms with van der Waals surface area (Å²) < 4.78 is 0. The number of carbonyl (C=O) groups is 1. The first-order chi connectivity index (χ1) is 9.51. The summed E-state index contributed by atoms with van der Waals surface area (Å²) in [6.45, 7) is 11.9. The summed E-state index contributed by atoms with van der Waals surface area (Å²) in [5, 5.41) is 3.57. The number of likely N-dealkylation sites (tertiary alicyclic amines) is 1. The molecule has 0 aromatic heterocycles. The van der Waals surface area contributed by atoms with E-state index in [0.29, 0.717) is 11.9 Å². The van der Waals surface area contributed by atoms with Crippen LogP contribution in [0.1, 0.15) is 59.8 Å². The van der Waals surface area contributed by atoms with Gasteiger partial charge in [-0.3, -0.25) is 15.0 Å². The van der Waals surface area contributed by atoms with Gasteiger partial charge in [-0.15, -0.1) is 0 Å². The van der Waals surface area contributed by atoms with Crippen molar-refractivity contribution in [3.8, 4) is 0 Å². The van der Waals surface area contributed by atoms with Crippen LogP contribution < -0.4 is 5.32 Å². The topological polar surface area (TPSA) is 35.6 Å². The predicted molar refractivity (Wildman–Crippen MR) is 82.5 cm³/mol. The van der Waals surface area contributed by atoms with Crippen molar-refractivity contribution in [2.24, 2.45) is 0 Å². The van der Waals surface area contributed by atoms with Crippen LogP contribution in [0.25, 0.3) is 0 Å². The molecule has 116 valence electrons. The molecule has 4 nitrogen and oxygen atoms in total. The van der Waals surface area contributed by atoms with Crippen molar-refractivity contribution in [2.45, 2.75) is 77.5 Å². The van der Waals surface area contributed by atoms with E-state index in [2.05, 4.69) is 42.8 Å². The van der Waals surface area contributed by atoms with Crippen molar-refractivity contribution in [1.82, 2.24) is 15.1 Å². The Balaban J connectivity index is 2.04. The smallest absolute Gasteiger partial charge is 0.243 e. The fourth-order valence-electron chi connectivity index (χ4n) is 3.51. The second-order valence-corrected chi connectivity index (χ2v) is 6.68. The van der Waals surface area contributed by atoms with Crippen LogP contribution in [0, 0.1) is 0 Å². The Morgan fingerprint density at radius 3 is 2.55 bits per heavy atom. The summed E-state index contributed by atoms with van der Waals surface area (Å²) >= 11 is 0. The second-order valence-electron chi connectivity index (χ2n) is 6.68. The Bertz CT molecular complexity index is 341. The van der Waals surface area contributed by atoms with Crippen LogP contribution in [0.5, 0.6) is 0 Å². The lowest BCUT2D eigenvalue weighted by Crippen LogP contribution is -2.46. The lowest BCUT2D eigenvalue weighted by molar-refractivity contribution is -0.133. The average Bonchev–Trinajstić information content (AvgIpc) is 3.03. The van der Waals surface area contributed by atoms with Gasteiger partial charge < -0.3 is 4.90 Å². The summed E-state index contributed by atoms with van der Waals surface area (Å²) in [6.07, 6.45) is 5.86. The fraction of sp³-hybridized carbons (Fsp3) is 0.938. The molecule has 3 unspecified atom stereocenters. The molecule has 2 aliphatic heterocycles. The zero-order valence-electron chi connectivity index (χ0n) is 13.6. The van der Waals surface area contributed by atoms with Gasteiger partial charge in [-0.1, -0.05) is 20.3 Å². The van der Waals surface area contributed by atoms with E-state index in [9.17, 15) is 4.79 Å². The molecule has 2 aliphatic rings. The number of hydrogen-bond acceptors (Lipinski definition) is 3. The standard InChI is InChI=1S/C16H31N3O/c1-5-9-14-17-16(4,6-2)15(20)19(14)12-13(3)18-10-7-8-11-18/h13-14,17H,5-12H2,1-4H3. The zero-order chi connectivity index (χ0) is 14.8. The molecule has 20 heavy (non-hydrogen) atoms. The van der Waals surface area contributed by atoms with Gasteiger partial charge in [0.15, 0.2) is 0 Å². The number of amides is 1. The van der Waals surface area contributed by atoms with E-state index in [1.54, 1.807) is 0 Å². The molecule has 2 fully saturated rings. The summed E-state index contributed by atoms with van der Waals surface area (Å²) in [5.74, 6) is 0.296. The van der Waals surface area contributed by atoms with Crippen molar-refractivity contribution in [3.63, 3.8) is 0 Å². The maximum atomic E-state index is 12.7. The fourth-order valence-corrected chi connectivity index (χ4v) is 3.51. The molecule has 0 aromatic carbocycles. The minimum absolute atomic E-state index is 0.225. The maximum absolute atomic E-state index is 12.7. The highest BCUT2D eigenvalue weighted by molar-refractivity contribution is 5.88. The summed E-state index contributed by atoms with van der Waals surface area (Å²) in [6, 6.07) is 0.474. The van der Waals surface area contributed by atoms with Gasteiger partial charge >= 0.3 is 0 Å². The largest absolute Gasteiger partial charge is 0.324 e. The summed E-state index contributed by atoms with van der Waals surface area (Å²) in [5.41, 5.74) is -0.357. The number of hydrogen-bond donors (Lipinski definition) is 1. The molecular formula is C16H31N3O. The van der Waals surface area contributed by atoms with Gasteiger partial charge in [0.25, 0.3) is 0 Å². The molecule has 0 radical (unpaired) electrons. The zero-order valence-corrected chi connectivity index (χ0v) is 13.6. The molecule has 2 saturated heterocycles. The van der Waals surface area contributed by atoms with E-state index in [4.69, 9.17) is 0 Å². The molecular weight excluding hydrogens is 250 g/mol. The Morgan fingerprint density at radius 2 is 2.00 bits per heavy atom. The first-order valence-electron chi connectivity index (χ1n) is 8.34. The average molecular weight is 281 g/mol. The highest BCUT2D eigenvalue weighted by Gasteiger charge is 2.46. The van der Waals surface area contributed by atoms with Gasteiger partial charge in [0, 0.05) is 12.6 Å². The Labute approximate surface area is 123 Å². The lowest BCUT2D eigenvalue weighted by atomic mass is 9.99. The summed E-state index contributed by atoms with van der Waals surface area (Å²) in [7, 11) is 0. The van der Waals surface area contributed by atoms with E-state index in [0.717, 1.165) is 25.8 Å². The number of nitrogens with zero attached hydrogens (tertiary/aromatic N) is 2. The quantitative estimate of drug-likeness (QED) is 0.811. The highest BCUT2D eigenvalue weighted by Crippen LogP contribution is 2.26. The van der Waals surface area contributed by atoms with Crippen molar-refractivity contribution >= 4 is 5.91 Å². The second kappa shape index (κ2) is 6.44. The molecule has 0 aromatic rings. The SMILES string of the molecule is CCCC1NC(C)(CC)C(=O)N1CC(C)N1CCCC1. The van der Waals surface area contributed by atoms with E-state index in [-0.39, 0.29) is 11.7 Å². The lowest BCUT2D eigenvalue weighted by Gasteiger charge is -2.31. The van der Waals surface area contributed by atoms with E-state index < -0.39 is 0 Å².